The first-order valence-corrected chi connectivity index (χ1v) is 8.82. The van der Waals surface area contributed by atoms with Crippen LogP contribution in [0.25, 0.3) is 0 Å². The fourth-order valence-electron chi connectivity index (χ4n) is 2.00. The summed E-state index contributed by atoms with van der Waals surface area (Å²) in [7, 11) is -2.13. The van der Waals surface area contributed by atoms with Gasteiger partial charge in [0.15, 0.2) is 5.66 Å². The Morgan fingerprint density at radius 2 is 1.59 bits per heavy atom. The Kier molecular flexibility index (Phi) is 7.59. The van der Waals surface area contributed by atoms with Crippen LogP contribution in [0.2, 0.25) is 0 Å². The number of hydrogen-bond acceptors (Lipinski definition) is 6. The third kappa shape index (κ3) is 4.57. The minimum Gasteiger partial charge on any atom is -0.497 e. The molecule has 0 spiro atoms. The van der Waals surface area contributed by atoms with E-state index in [9.17, 15) is 9.36 Å². The molecule has 0 aliphatic rings. The number of benzene rings is 1. The van der Waals surface area contributed by atoms with Crippen molar-refractivity contribution in [3.63, 3.8) is 0 Å². The largest absolute Gasteiger partial charge is 0.497 e. The molecule has 0 saturated carbocycles. The maximum absolute atomic E-state index is 13.0. The summed E-state index contributed by atoms with van der Waals surface area (Å²) >= 11 is 0. The van der Waals surface area contributed by atoms with Crippen LogP contribution in [0, 0.1) is 0 Å². The fraction of sp³-hybridized carbons (Fsp3) is 0.533. The molecule has 1 aromatic carbocycles. The molecule has 0 bridgehead atoms. The Morgan fingerprint density at radius 3 is 2.00 bits per heavy atom. The van der Waals surface area contributed by atoms with Crippen molar-refractivity contribution in [1.82, 2.24) is 0 Å². The van der Waals surface area contributed by atoms with Gasteiger partial charge in [0.2, 0.25) is 0 Å². The molecule has 0 fully saturated rings. The van der Waals surface area contributed by atoms with Crippen molar-refractivity contribution in [2.45, 2.75) is 26.4 Å². The maximum Gasteiger partial charge on any atom is 0.349 e. The highest BCUT2D eigenvalue weighted by molar-refractivity contribution is 7.55. The Balaban J connectivity index is 3.25. The monoisotopic (exact) mass is 330 g/mol. The highest BCUT2D eigenvalue weighted by atomic mass is 31.2. The molecule has 0 aromatic heterocycles. The Morgan fingerprint density at radius 1 is 1.05 bits per heavy atom. The highest BCUT2D eigenvalue weighted by Crippen LogP contribution is 2.61. The van der Waals surface area contributed by atoms with Crippen molar-refractivity contribution >= 4 is 13.6 Å². The predicted molar refractivity (Wildman–Crippen MR) is 83.2 cm³/mol. The van der Waals surface area contributed by atoms with Gasteiger partial charge >= 0.3 is 13.6 Å². The van der Waals surface area contributed by atoms with Crippen molar-refractivity contribution < 1.29 is 27.9 Å². The first-order valence-electron chi connectivity index (χ1n) is 7.21. The average Bonchev–Trinajstić information content (AvgIpc) is 2.49. The van der Waals surface area contributed by atoms with Gasteiger partial charge in [-0.25, -0.2) is 0 Å². The van der Waals surface area contributed by atoms with E-state index in [-0.39, 0.29) is 19.8 Å². The van der Waals surface area contributed by atoms with Crippen molar-refractivity contribution in [2.75, 3.05) is 26.9 Å². The lowest BCUT2D eigenvalue weighted by Crippen LogP contribution is -2.19. The molecule has 124 valence electrons. The molecule has 1 rings (SSSR count). The standard InChI is InChI=1S/C15H23O6P/c1-5-19-15(16)14(22(17,20-6-2)21-7-3)12-8-10-13(18-4)11-9-12/h8-11,14H,5-7H2,1-4H3/t14-/m1/s1. The molecule has 0 amide bonds. The molecule has 0 unspecified atom stereocenters. The summed E-state index contributed by atoms with van der Waals surface area (Å²) in [6, 6.07) is 6.68. The van der Waals surface area contributed by atoms with Crippen molar-refractivity contribution in [3.8, 4) is 5.75 Å². The minimum absolute atomic E-state index is 0.170. The average molecular weight is 330 g/mol. The first kappa shape index (κ1) is 18.7. The van der Waals surface area contributed by atoms with Crippen molar-refractivity contribution in [2.24, 2.45) is 0 Å². The van der Waals surface area contributed by atoms with Crippen LogP contribution in [0.4, 0.5) is 0 Å². The van der Waals surface area contributed by atoms with E-state index in [1.165, 1.54) is 0 Å². The Labute approximate surface area is 131 Å². The second-order valence-corrected chi connectivity index (χ2v) is 6.42. The zero-order valence-corrected chi connectivity index (χ0v) is 14.3. The van der Waals surface area contributed by atoms with Gasteiger partial charge in [0.05, 0.1) is 26.9 Å². The normalized spacial score (nSPS) is 12.7. The Hall–Kier alpha value is -1.36. The van der Waals surface area contributed by atoms with Crippen molar-refractivity contribution in [3.05, 3.63) is 29.8 Å². The molecule has 1 aromatic rings. The summed E-state index contributed by atoms with van der Waals surface area (Å²) in [5.41, 5.74) is -0.609. The Bertz CT molecular complexity index is 503. The van der Waals surface area contributed by atoms with Gasteiger partial charge in [-0.1, -0.05) is 12.1 Å². The molecule has 0 heterocycles. The number of carbonyl (C=O) groups is 1. The number of carbonyl (C=O) groups excluding carboxylic acids is 1. The fourth-order valence-corrected chi connectivity index (χ4v) is 3.96. The van der Waals surface area contributed by atoms with Crippen LogP contribution in [0.15, 0.2) is 24.3 Å². The van der Waals surface area contributed by atoms with E-state index in [4.69, 9.17) is 18.5 Å². The van der Waals surface area contributed by atoms with Crippen LogP contribution in [-0.4, -0.2) is 32.9 Å². The molecule has 0 aliphatic carbocycles. The van der Waals surface area contributed by atoms with Gasteiger partial charge in [-0.3, -0.25) is 9.36 Å². The van der Waals surface area contributed by atoms with Crippen LogP contribution in [-0.2, 0) is 23.1 Å². The van der Waals surface area contributed by atoms with E-state index in [0.29, 0.717) is 11.3 Å². The SMILES string of the molecule is CCOC(=O)[C@@H](c1ccc(OC)cc1)P(=O)(OCC)OCC. The van der Waals surface area contributed by atoms with E-state index in [0.717, 1.165) is 0 Å². The number of methoxy groups -OCH3 is 1. The lowest BCUT2D eigenvalue weighted by Gasteiger charge is -2.25. The molecule has 6 nitrogen and oxygen atoms in total. The molecule has 0 radical (unpaired) electrons. The van der Waals surface area contributed by atoms with E-state index in [2.05, 4.69) is 0 Å². The van der Waals surface area contributed by atoms with E-state index < -0.39 is 19.2 Å². The summed E-state index contributed by atoms with van der Waals surface area (Å²) in [4.78, 5) is 12.3. The van der Waals surface area contributed by atoms with Gasteiger partial charge < -0.3 is 18.5 Å². The number of ether oxygens (including phenoxy) is 2. The molecule has 0 aliphatic heterocycles. The van der Waals surface area contributed by atoms with Gasteiger partial charge in [-0.15, -0.1) is 0 Å². The molecule has 0 saturated heterocycles. The smallest absolute Gasteiger partial charge is 0.349 e. The lowest BCUT2D eigenvalue weighted by molar-refractivity contribution is -0.143. The van der Waals surface area contributed by atoms with Gasteiger partial charge in [-0.2, -0.15) is 0 Å². The minimum atomic E-state index is -3.68. The van der Waals surface area contributed by atoms with E-state index in [1.807, 2.05) is 0 Å². The summed E-state index contributed by atoms with van der Waals surface area (Å²) in [5.74, 6) is 0.00640. The first-order chi connectivity index (χ1) is 10.5. The summed E-state index contributed by atoms with van der Waals surface area (Å²) < 4.78 is 33.8. The van der Waals surface area contributed by atoms with Gasteiger partial charge in [0, 0.05) is 0 Å². The third-order valence-electron chi connectivity index (χ3n) is 2.88. The van der Waals surface area contributed by atoms with Crippen LogP contribution >= 0.6 is 7.60 Å². The number of esters is 1. The quantitative estimate of drug-likeness (QED) is 0.509. The van der Waals surface area contributed by atoms with Gasteiger partial charge in [-0.05, 0) is 38.5 Å². The van der Waals surface area contributed by atoms with Crippen LogP contribution in [0.5, 0.6) is 5.75 Å². The molecule has 0 N–H and O–H groups in total. The molecule has 7 heteroatoms. The third-order valence-corrected chi connectivity index (χ3v) is 5.25. The zero-order valence-electron chi connectivity index (χ0n) is 13.4. The lowest BCUT2D eigenvalue weighted by atomic mass is 10.1. The molecule has 1 atom stereocenters. The van der Waals surface area contributed by atoms with E-state index >= 15 is 0 Å². The van der Waals surface area contributed by atoms with Gasteiger partial charge in [0.1, 0.15) is 5.75 Å². The van der Waals surface area contributed by atoms with Crippen molar-refractivity contribution in [1.29, 1.82) is 0 Å². The second-order valence-electron chi connectivity index (χ2n) is 4.30. The van der Waals surface area contributed by atoms with Gasteiger partial charge in [0.25, 0.3) is 0 Å². The number of rotatable bonds is 9. The second kappa shape index (κ2) is 8.93. The van der Waals surface area contributed by atoms with Crippen LogP contribution in [0.1, 0.15) is 32.0 Å². The molecular formula is C15H23O6P. The maximum atomic E-state index is 13.0. The number of hydrogen-bond donors (Lipinski definition) is 0. The van der Waals surface area contributed by atoms with Crippen LogP contribution in [0.3, 0.4) is 0 Å². The summed E-state index contributed by atoms with van der Waals surface area (Å²) in [6.45, 7) is 5.61. The summed E-state index contributed by atoms with van der Waals surface area (Å²) in [5, 5.41) is 0. The predicted octanol–water partition coefficient (Wildman–Crippen LogP) is 3.57. The van der Waals surface area contributed by atoms with Crippen LogP contribution < -0.4 is 4.74 Å². The highest BCUT2D eigenvalue weighted by Gasteiger charge is 2.43. The van der Waals surface area contributed by atoms with E-state index in [1.54, 1.807) is 52.1 Å². The topological polar surface area (TPSA) is 71.1 Å². The summed E-state index contributed by atoms with van der Waals surface area (Å²) in [6.07, 6.45) is 0. The molecule has 22 heavy (non-hydrogen) atoms. The zero-order chi connectivity index (χ0) is 16.6. The molecular weight excluding hydrogens is 307 g/mol.